The van der Waals surface area contributed by atoms with E-state index in [4.69, 9.17) is 0 Å². The van der Waals surface area contributed by atoms with Crippen molar-refractivity contribution in [3.8, 4) is 0 Å². The van der Waals surface area contributed by atoms with Crippen LogP contribution in [0.4, 0.5) is 0 Å². The lowest BCUT2D eigenvalue weighted by atomic mass is 9.92. The highest BCUT2D eigenvalue weighted by molar-refractivity contribution is 5.90. The van der Waals surface area contributed by atoms with Gasteiger partial charge in [0.2, 0.25) is 5.91 Å². The Morgan fingerprint density at radius 1 is 1.00 bits per heavy atom. The van der Waals surface area contributed by atoms with Crippen LogP contribution in [0.1, 0.15) is 48.0 Å². The zero-order valence-electron chi connectivity index (χ0n) is 11.3. The number of ketones is 1. The van der Waals surface area contributed by atoms with Crippen molar-refractivity contribution < 1.29 is 9.59 Å². The third kappa shape index (κ3) is 4.33. The van der Waals surface area contributed by atoms with Crippen LogP contribution in [0, 0.1) is 17.8 Å². The van der Waals surface area contributed by atoms with Crippen LogP contribution >= 0.6 is 0 Å². The number of amides is 1. The van der Waals surface area contributed by atoms with Crippen LogP contribution in [-0.2, 0) is 9.59 Å². The van der Waals surface area contributed by atoms with Gasteiger partial charge in [0.25, 0.3) is 0 Å². The molecule has 0 rings (SSSR count). The Morgan fingerprint density at radius 2 is 1.50 bits per heavy atom. The Morgan fingerprint density at radius 3 is 1.81 bits per heavy atom. The monoisotopic (exact) mass is 233 g/mol. The van der Waals surface area contributed by atoms with Crippen LogP contribution in [-0.4, -0.2) is 17.7 Å². The molecular weight excluding hydrogens is 208 g/mol. The van der Waals surface area contributed by atoms with E-state index in [1.807, 2.05) is 41.5 Å². The predicted molar refractivity (Wildman–Crippen MR) is 66.1 cm³/mol. The highest BCUT2D eigenvalue weighted by Gasteiger charge is 2.27. The second-order valence-corrected chi connectivity index (χ2v) is 5.08. The van der Waals surface area contributed by atoms with Gasteiger partial charge >= 0.3 is 0 Å². The van der Waals surface area contributed by atoms with Gasteiger partial charge in [-0.05, 0) is 5.92 Å². The molecule has 1 N–H and O–H groups in total. The molecule has 2 unspecified atom stereocenters. The first-order chi connectivity index (χ1) is 7.31. The molecule has 94 valence electrons. The van der Waals surface area contributed by atoms with E-state index >= 15 is 0 Å². The topological polar surface area (TPSA) is 46.2 Å². The number of hydrogen-bond donors (Lipinski definition) is 1. The SMILES string of the molecule is CCC(C)C([15NH][13C](=[18O])C(C)C)C(=[18O])C(C)C. The molecule has 0 aliphatic heterocycles. The van der Waals surface area contributed by atoms with Crippen molar-refractivity contribution in [2.24, 2.45) is 17.8 Å². The summed E-state index contributed by atoms with van der Waals surface area (Å²) in [5.41, 5.74) is 0. The molecule has 0 fully saturated rings. The van der Waals surface area contributed by atoms with E-state index in [9.17, 15) is 9.59 Å². The third-order valence-electron chi connectivity index (χ3n) is 2.91. The molecule has 0 heterocycles. The highest BCUT2D eigenvalue weighted by atomic mass is 18.1. The normalized spacial score (nSPS) is 15.0. The summed E-state index contributed by atoms with van der Waals surface area (Å²) in [6.45, 7) is 11.5. The summed E-state index contributed by atoms with van der Waals surface area (Å²) in [6.07, 6.45) is 0.890. The highest BCUT2D eigenvalue weighted by Crippen LogP contribution is 2.13. The Bertz CT molecular complexity index is 246. The van der Waals surface area contributed by atoms with Crippen LogP contribution in [0.2, 0.25) is 0 Å². The predicted octanol–water partition coefficient (Wildman–Crippen LogP) is 2.40. The smallest absolute Gasteiger partial charge is 0.223 e. The lowest BCUT2D eigenvalue weighted by molar-refractivity contribution is -0.132. The average molecular weight is 233 g/mol. The Hall–Kier alpha value is -0.860. The molecule has 0 spiro atoms. The summed E-state index contributed by atoms with van der Waals surface area (Å²) < 4.78 is 0. The quantitative estimate of drug-likeness (QED) is 0.435. The van der Waals surface area contributed by atoms with E-state index in [0.717, 1.165) is 6.42 Å². The van der Waals surface area contributed by atoms with Gasteiger partial charge in [-0.3, -0.25) is 9.59 Å². The molecule has 2 atom stereocenters. The van der Waals surface area contributed by atoms with Gasteiger partial charge in [-0.1, -0.05) is 48.0 Å². The lowest BCUT2D eigenvalue weighted by Gasteiger charge is -2.25. The first-order valence-electron chi connectivity index (χ1n) is 6.15. The van der Waals surface area contributed by atoms with Crippen molar-refractivity contribution in [1.29, 1.82) is 0 Å². The zero-order chi connectivity index (χ0) is 12.9. The van der Waals surface area contributed by atoms with Gasteiger partial charge in [-0.15, -0.1) is 0 Å². The summed E-state index contributed by atoms with van der Waals surface area (Å²) >= 11 is 0. The minimum absolute atomic E-state index is 0.0357. The summed E-state index contributed by atoms with van der Waals surface area (Å²) in [6, 6.07) is -0.333. The number of hydrogen-bond acceptors (Lipinski definition) is 2. The molecule has 3 heteroatoms. The van der Waals surface area contributed by atoms with Crippen LogP contribution in [0.3, 0.4) is 0 Å². The average Bonchev–Trinajstić information content (AvgIpc) is 2.23. The van der Waals surface area contributed by atoms with Gasteiger partial charge < -0.3 is 5.32 Å². The summed E-state index contributed by atoms with van der Waals surface area (Å²) in [4.78, 5) is 23.6. The molecule has 0 aromatic heterocycles. The number of carbonyl (C=O) groups is 2. The molecule has 0 saturated carbocycles. The molecule has 16 heavy (non-hydrogen) atoms. The molecular formula is C13H25NO2. The number of carbonyl (C=O) groups excluding carboxylic acids is 2. The molecule has 1 amide bonds. The standard InChI is InChI=1S/C13H25NO2/c1-7-10(6)11(12(15)8(2)3)14-13(16)9(4)5/h8-11H,7H2,1-6H3,(H,14,16)/i13+1,14+1,15+2,16+2. The fourth-order valence-corrected chi connectivity index (χ4v) is 1.41. The summed E-state index contributed by atoms with van der Waals surface area (Å²) in [5.74, 6) is 0.165. The molecule has 3 nitrogen and oxygen atoms in total. The van der Waals surface area contributed by atoms with Gasteiger partial charge in [0.15, 0.2) is 5.78 Å². The lowest BCUT2D eigenvalue weighted by Crippen LogP contribution is -2.48. The molecule has 0 saturated heterocycles. The molecule has 0 aromatic rings. The van der Waals surface area contributed by atoms with E-state index < -0.39 is 0 Å². The van der Waals surface area contributed by atoms with Gasteiger partial charge in [-0.2, -0.15) is 0 Å². The van der Waals surface area contributed by atoms with E-state index in [1.165, 1.54) is 0 Å². The van der Waals surface area contributed by atoms with Crippen molar-refractivity contribution in [2.45, 2.75) is 54.0 Å². The maximum Gasteiger partial charge on any atom is 0.223 e. The Kier molecular flexibility index (Phi) is 6.31. The van der Waals surface area contributed by atoms with Gasteiger partial charge in [-0.25, -0.2) is 0 Å². The Labute approximate surface area is 99.0 Å². The maximum atomic E-state index is 12.0. The first kappa shape index (κ1) is 15.1. The summed E-state index contributed by atoms with van der Waals surface area (Å²) in [5, 5.41) is 2.86. The fraction of sp³-hybridized carbons (Fsp3) is 0.846. The number of nitrogens with one attached hydrogen (secondary N) is 1. The van der Waals surface area contributed by atoms with Gasteiger partial charge in [0, 0.05) is 11.8 Å². The van der Waals surface area contributed by atoms with E-state index in [2.05, 4.69) is 5.32 Å². The largest absolute Gasteiger partial charge is 0.346 e. The second kappa shape index (κ2) is 6.66. The van der Waals surface area contributed by atoms with E-state index in [0.29, 0.717) is 0 Å². The molecule has 0 aliphatic carbocycles. The van der Waals surface area contributed by atoms with Crippen molar-refractivity contribution >= 4 is 11.7 Å². The van der Waals surface area contributed by atoms with Crippen LogP contribution in [0.25, 0.3) is 0 Å². The van der Waals surface area contributed by atoms with Crippen LogP contribution < -0.4 is 5.32 Å². The first-order valence-corrected chi connectivity index (χ1v) is 6.15. The molecule has 0 bridgehead atoms. The van der Waals surface area contributed by atoms with Crippen molar-refractivity contribution in [3.05, 3.63) is 0 Å². The van der Waals surface area contributed by atoms with Crippen LogP contribution in [0.5, 0.6) is 0 Å². The zero-order valence-corrected chi connectivity index (χ0v) is 11.3. The summed E-state index contributed by atoms with van der Waals surface area (Å²) in [7, 11) is 0. The fourth-order valence-electron chi connectivity index (χ4n) is 1.41. The Balaban J connectivity index is 4.69. The van der Waals surface area contributed by atoms with Crippen molar-refractivity contribution in [2.75, 3.05) is 0 Å². The van der Waals surface area contributed by atoms with Crippen molar-refractivity contribution in [1.82, 2.24) is 5.32 Å². The minimum Gasteiger partial charge on any atom is -0.346 e. The van der Waals surface area contributed by atoms with Crippen LogP contribution in [0.15, 0.2) is 0 Å². The van der Waals surface area contributed by atoms with Gasteiger partial charge in [0.05, 0.1) is 6.04 Å². The molecule has 0 aliphatic rings. The maximum absolute atomic E-state index is 12.0. The minimum atomic E-state index is -0.333. The van der Waals surface area contributed by atoms with Crippen molar-refractivity contribution in [3.63, 3.8) is 0 Å². The van der Waals surface area contributed by atoms with Gasteiger partial charge in [0.1, 0.15) is 0 Å². The second-order valence-electron chi connectivity index (χ2n) is 5.08. The number of rotatable bonds is 6. The third-order valence-corrected chi connectivity index (χ3v) is 2.91. The van der Waals surface area contributed by atoms with E-state index in [-0.39, 0.29) is 35.5 Å². The van der Waals surface area contributed by atoms with E-state index in [1.54, 1.807) is 0 Å². The molecule has 0 radical (unpaired) electrons. The molecule has 0 aromatic carbocycles. The number of Topliss-reactive ketones (excluding diaryl/α,β-unsaturated/α-hetero) is 1.